The standard InChI is InChI=1S/C12H8ClNO5/c13-7-3-4-8(9-6(7)2-1-5-14-9)19-10(11(15)16)12(17)18/h1-5,10H,(H,15,16)(H,17,18)/p-2. The fourth-order valence-corrected chi connectivity index (χ4v) is 1.74. The molecule has 2 rings (SSSR count). The van der Waals surface area contributed by atoms with Crippen molar-refractivity contribution in [3.63, 3.8) is 0 Å². The van der Waals surface area contributed by atoms with E-state index in [1.165, 1.54) is 18.3 Å². The van der Waals surface area contributed by atoms with Gasteiger partial charge in [-0.1, -0.05) is 11.6 Å². The lowest BCUT2D eigenvalue weighted by Crippen LogP contribution is -2.51. The number of carbonyl (C=O) groups excluding carboxylic acids is 2. The highest BCUT2D eigenvalue weighted by atomic mass is 35.5. The maximum atomic E-state index is 10.6. The van der Waals surface area contributed by atoms with Gasteiger partial charge in [0.15, 0.2) is 6.10 Å². The maximum absolute atomic E-state index is 10.6. The summed E-state index contributed by atoms with van der Waals surface area (Å²) in [6.45, 7) is 0. The Morgan fingerprint density at radius 2 is 1.89 bits per heavy atom. The van der Waals surface area contributed by atoms with Gasteiger partial charge in [-0.05, 0) is 24.3 Å². The van der Waals surface area contributed by atoms with Crippen molar-refractivity contribution in [3.05, 3.63) is 35.5 Å². The number of aliphatic carboxylic acids is 2. The molecule has 0 N–H and O–H groups in total. The Kier molecular flexibility index (Phi) is 3.52. The third-order valence-electron chi connectivity index (χ3n) is 2.35. The smallest absolute Gasteiger partial charge is 0.177 e. The Bertz CT molecular complexity index is 644. The molecule has 19 heavy (non-hydrogen) atoms. The molecule has 0 bridgehead atoms. The summed E-state index contributed by atoms with van der Waals surface area (Å²) in [5.41, 5.74) is 0.252. The summed E-state index contributed by atoms with van der Waals surface area (Å²) in [6.07, 6.45) is -0.773. The number of carboxylic acid groups (broad SMARTS) is 2. The lowest BCUT2D eigenvalue weighted by molar-refractivity contribution is -0.334. The molecule has 0 fully saturated rings. The molecule has 0 aliphatic heterocycles. The summed E-state index contributed by atoms with van der Waals surface area (Å²) < 4.78 is 4.86. The van der Waals surface area contributed by atoms with E-state index in [2.05, 4.69) is 4.98 Å². The van der Waals surface area contributed by atoms with Crippen molar-refractivity contribution in [2.45, 2.75) is 6.10 Å². The number of benzene rings is 1. The van der Waals surface area contributed by atoms with Gasteiger partial charge in [0.25, 0.3) is 0 Å². The van der Waals surface area contributed by atoms with Gasteiger partial charge in [0, 0.05) is 11.6 Å². The van der Waals surface area contributed by atoms with Crippen molar-refractivity contribution in [2.75, 3.05) is 0 Å². The van der Waals surface area contributed by atoms with E-state index >= 15 is 0 Å². The lowest BCUT2D eigenvalue weighted by atomic mass is 10.2. The fourth-order valence-electron chi connectivity index (χ4n) is 1.53. The first-order chi connectivity index (χ1) is 9.00. The highest BCUT2D eigenvalue weighted by Gasteiger charge is 2.16. The average Bonchev–Trinajstić information content (AvgIpc) is 2.37. The molecule has 0 saturated carbocycles. The summed E-state index contributed by atoms with van der Waals surface area (Å²) in [7, 11) is 0. The van der Waals surface area contributed by atoms with Crippen LogP contribution in [0, 0.1) is 0 Å². The van der Waals surface area contributed by atoms with Crippen LogP contribution in [0.5, 0.6) is 5.75 Å². The molecule has 0 atom stereocenters. The number of rotatable bonds is 4. The van der Waals surface area contributed by atoms with Gasteiger partial charge in [-0.2, -0.15) is 0 Å². The molecule has 98 valence electrons. The summed E-state index contributed by atoms with van der Waals surface area (Å²) in [4.78, 5) is 25.3. The molecule has 0 spiro atoms. The van der Waals surface area contributed by atoms with Gasteiger partial charge in [0.1, 0.15) is 11.3 Å². The van der Waals surface area contributed by atoms with Crippen molar-refractivity contribution >= 4 is 34.4 Å². The van der Waals surface area contributed by atoms with Crippen LogP contribution in [-0.2, 0) is 9.59 Å². The molecule has 0 aliphatic carbocycles. The summed E-state index contributed by atoms with van der Waals surface area (Å²) in [5.74, 6) is -3.84. The minimum absolute atomic E-state index is 0.0293. The number of halogens is 1. The van der Waals surface area contributed by atoms with Crippen molar-refractivity contribution < 1.29 is 24.5 Å². The number of carboxylic acids is 2. The Hall–Kier alpha value is -2.34. The van der Waals surface area contributed by atoms with Crippen LogP contribution in [-0.4, -0.2) is 23.0 Å². The number of nitrogens with zero attached hydrogens (tertiary/aromatic N) is 1. The molecule has 0 aliphatic rings. The molecule has 0 unspecified atom stereocenters. The molecule has 0 saturated heterocycles. The molecule has 0 radical (unpaired) electrons. The predicted molar refractivity (Wildman–Crippen MR) is 61.2 cm³/mol. The van der Waals surface area contributed by atoms with E-state index in [9.17, 15) is 19.8 Å². The second-order valence-corrected chi connectivity index (χ2v) is 3.99. The van der Waals surface area contributed by atoms with E-state index < -0.39 is 18.0 Å². The Balaban J connectivity index is 2.49. The largest absolute Gasteiger partial charge is 0.546 e. The molecule has 1 aromatic heterocycles. The van der Waals surface area contributed by atoms with E-state index in [4.69, 9.17) is 16.3 Å². The number of hydrogen-bond acceptors (Lipinski definition) is 6. The van der Waals surface area contributed by atoms with Gasteiger partial charge in [-0.3, -0.25) is 4.98 Å². The second kappa shape index (κ2) is 5.11. The van der Waals surface area contributed by atoms with Crippen LogP contribution in [0.4, 0.5) is 0 Å². The predicted octanol–water partition coefficient (Wildman–Crippen LogP) is -0.865. The van der Waals surface area contributed by atoms with Crippen LogP contribution >= 0.6 is 11.6 Å². The lowest BCUT2D eigenvalue weighted by Gasteiger charge is -2.21. The number of pyridine rings is 1. The minimum Gasteiger partial charge on any atom is -0.546 e. The molecular formula is C12H6ClNO5-2. The number of hydrogen-bond donors (Lipinski definition) is 0. The van der Waals surface area contributed by atoms with E-state index in [1.54, 1.807) is 12.1 Å². The van der Waals surface area contributed by atoms with Crippen molar-refractivity contribution in [2.24, 2.45) is 0 Å². The molecule has 0 amide bonds. The van der Waals surface area contributed by atoms with Crippen LogP contribution in [0.15, 0.2) is 30.5 Å². The first-order valence-electron chi connectivity index (χ1n) is 5.12. The van der Waals surface area contributed by atoms with Crippen molar-refractivity contribution in [3.8, 4) is 5.75 Å². The van der Waals surface area contributed by atoms with E-state index in [0.29, 0.717) is 10.4 Å². The Morgan fingerprint density at radius 3 is 2.53 bits per heavy atom. The minimum atomic E-state index is -2.22. The van der Waals surface area contributed by atoms with Crippen molar-refractivity contribution in [1.29, 1.82) is 0 Å². The van der Waals surface area contributed by atoms with Crippen LogP contribution < -0.4 is 14.9 Å². The van der Waals surface area contributed by atoms with Crippen LogP contribution in [0.3, 0.4) is 0 Å². The highest BCUT2D eigenvalue weighted by molar-refractivity contribution is 6.35. The monoisotopic (exact) mass is 279 g/mol. The third-order valence-corrected chi connectivity index (χ3v) is 2.68. The zero-order chi connectivity index (χ0) is 14.0. The first-order valence-corrected chi connectivity index (χ1v) is 5.50. The molecule has 1 heterocycles. The van der Waals surface area contributed by atoms with Crippen LogP contribution in [0.2, 0.25) is 5.02 Å². The number of ether oxygens (including phenoxy) is 1. The molecule has 7 heteroatoms. The zero-order valence-electron chi connectivity index (χ0n) is 9.33. The molecule has 2 aromatic rings. The fraction of sp³-hybridized carbons (Fsp3) is 0.0833. The van der Waals surface area contributed by atoms with Gasteiger partial charge < -0.3 is 24.5 Å². The van der Waals surface area contributed by atoms with E-state index in [-0.39, 0.29) is 11.3 Å². The maximum Gasteiger partial charge on any atom is 0.177 e. The molecular weight excluding hydrogens is 274 g/mol. The Labute approximate surface area is 112 Å². The third kappa shape index (κ3) is 2.58. The van der Waals surface area contributed by atoms with Crippen LogP contribution in [0.25, 0.3) is 10.9 Å². The highest BCUT2D eigenvalue weighted by Crippen LogP contribution is 2.30. The normalized spacial score (nSPS) is 10.6. The van der Waals surface area contributed by atoms with E-state index in [1.807, 2.05) is 0 Å². The number of carbonyl (C=O) groups is 2. The quantitative estimate of drug-likeness (QED) is 0.675. The van der Waals surface area contributed by atoms with Gasteiger partial charge in [-0.15, -0.1) is 0 Å². The van der Waals surface area contributed by atoms with E-state index in [0.717, 1.165) is 0 Å². The molecule has 1 aromatic carbocycles. The summed E-state index contributed by atoms with van der Waals surface area (Å²) in [6, 6.07) is 6.05. The SMILES string of the molecule is O=C([O-])C(Oc1ccc(Cl)c2cccnc12)C(=O)[O-]. The molecule has 6 nitrogen and oxygen atoms in total. The second-order valence-electron chi connectivity index (χ2n) is 3.58. The Morgan fingerprint density at radius 1 is 1.21 bits per heavy atom. The summed E-state index contributed by atoms with van der Waals surface area (Å²) in [5, 5.41) is 22.2. The van der Waals surface area contributed by atoms with Gasteiger partial charge >= 0.3 is 0 Å². The van der Waals surface area contributed by atoms with Crippen LogP contribution in [0.1, 0.15) is 0 Å². The van der Waals surface area contributed by atoms with Gasteiger partial charge in [0.05, 0.1) is 17.0 Å². The number of fused-ring (bicyclic) bond motifs is 1. The first kappa shape index (κ1) is 13.1. The van der Waals surface area contributed by atoms with Gasteiger partial charge in [0.2, 0.25) is 0 Å². The summed E-state index contributed by atoms with van der Waals surface area (Å²) >= 11 is 5.94. The van der Waals surface area contributed by atoms with Gasteiger partial charge in [-0.25, -0.2) is 0 Å². The zero-order valence-corrected chi connectivity index (χ0v) is 10.1. The number of aromatic nitrogens is 1. The van der Waals surface area contributed by atoms with Crippen molar-refractivity contribution in [1.82, 2.24) is 4.98 Å². The topological polar surface area (TPSA) is 102 Å². The average molecular weight is 280 g/mol.